The largest absolute Gasteiger partial charge is 0.493 e. The van der Waals surface area contributed by atoms with Crippen molar-refractivity contribution in [3.8, 4) is 40.3 Å². The lowest BCUT2D eigenvalue weighted by Crippen LogP contribution is -2.17. The van der Waals surface area contributed by atoms with Crippen molar-refractivity contribution in [2.24, 2.45) is 0 Å². The summed E-state index contributed by atoms with van der Waals surface area (Å²) < 4.78 is 56.5. The molecule has 0 radical (unpaired) electrons. The van der Waals surface area contributed by atoms with Crippen molar-refractivity contribution in [3.05, 3.63) is 72.4 Å². The van der Waals surface area contributed by atoms with Crippen molar-refractivity contribution in [3.63, 3.8) is 0 Å². The van der Waals surface area contributed by atoms with Crippen molar-refractivity contribution < 1.29 is 36.9 Å². The van der Waals surface area contributed by atoms with Gasteiger partial charge in [-0.3, -0.25) is 4.72 Å². The Morgan fingerprint density at radius 1 is 0.951 bits per heavy atom. The number of sulfonamides is 1. The van der Waals surface area contributed by atoms with Gasteiger partial charge in [-0.25, -0.2) is 14.8 Å². The SMILES string of the molecule is CCOC(=O)COc1cccc(-c2nc(NS(=O)(=O)c3ccc(C)cn3)c(Oc3ccccc3OC)c(OC)n2)c1. The minimum atomic E-state index is -4.21. The summed E-state index contributed by atoms with van der Waals surface area (Å²) in [6.07, 6.45) is 1.44. The Morgan fingerprint density at radius 2 is 1.73 bits per heavy atom. The Balaban J connectivity index is 1.79. The Morgan fingerprint density at radius 3 is 2.41 bits per heavy atom. The molecule has 0 amide bonds. The molecule has 0 bridgehead atoms. The van der Waals surface area contributed by atoms with Crippen LogP contribution in [-0.4, -0.2) is 56.8 Å². The number of hydrogen-bond acceptors (Lipinski definition) is 11. The molecule has 0 aliphatic heterocycles. The lowest BCUT2D eigenvalue weighted by atomic mass is 10.2. The topological polar surface area (TPSA) is 148 Å². The van der Waals surface area contributed by atoms with Crippen LogP contribution in [0.4, 0.5) is 5.82 Å². The van der Waals surface area contributed by atoms with Crippen molar-refractivity contribution >= 4 is 21.8 Å². The number of anilines is 1. The van der Waals surface area contributed by atoms with E-state index in [4.69, 9.17) is 23.7 Å². The fourth-order valence-electron chi connectivity index (χ4n) is 3.53. The van der Waals surface area contributed by atoms with Gasteiger partial charge >= 0.3 is 5.97 Å². The number of carbonyl (C=O) groups excluding carboxylic acids is 1. The molecule has 2 aromatic carbocycles. The molecule has 13 heteroatoms. The first-order valence-corrected chi connectivity index (χ1v) is 13.8. The van der Waals surface area contributed by atoms with Gasteiger partial charge in [0.25, 0.3) is 15.9 Å². The van der Waals surface area contributed by atoms with Gasteiger partial charge in [0.15, 0.2) is 34.8 Å². The number of nitrogens with one attached hydrogen (secondary N) is 1. The molecule has 0 saturated carbocycles. The van der Waals surface area contributed by atoms with E-state index in [9.17, 15) is 13.2 Å². The number of methoxy groups -OCH3 is 2. The van der Waals surface area contributed by atoms with Crippen molar-refractivity contribution in [1.82, 2.24) is 15.0 Å². The normalized spacial score (nSPS) is 10.9. The zero-order valence-electron chi connectivity index (χ0n) is 22.8. The molecule has 2 aromatic heterocycles. The molecular formula is C28H28N4O8S. The monoisotopic (exact) mass is 580 g/mol. The fraction of sp³-hybridized carbons (Fsp3) is 0.214. The van der Waals surface area contributed by atoms with Gasteiger partial charge in [0.2, 0.25) is 5.75 Å². The van der Waals surface area contributed by atoms with Crippen LogP contribution in [0.5, 0.6) is 28.9 Å². The number of para-hydroxylation sites is 2. The van der Waals surface area contributed by atoms with Gasteiger partial charge in [-0.05, 0) is 49.7 Å². The van der Waals surface area contributed by atoms with Crippen LogP contribution in [0, 0.1) is 6.92 Å². The molecule has 0 fully saturated rings. The van der Waals surface area contributed by atoms with Gasteiger partial charge in [0.1, 0.15) is 5.75 Å². The Hall–Kier alpha value is -4.91. The van der Waals surface area contributed by atoms with Gasteiger partial charge in [0.05, 0.1) is 20.8 Å². The van der Waals surface area contributed by atoms with Crippen LogP contribution in [0.2, 0.25) is 0 Å². The molecule has 2 heterocycles. The molecule has 0 spiro atoms. The quantitative estimate of drug-likeness (QED) is 0.238. The van der Waals surface area contributed by atoms with E-state index in [0.717, 1.165) is 5.56 Å². The third-order valence-electron chi connectivity index (χ3n) is 5.45. The Kier molecular flexibility index (Phi) is 9.19. The number of esters is 1. The number of pyridine rings is 1. The third-order valence-corrected chi connectivity index (χ3v) is 6.71. The highest BCUT2D eigenvalue weighted by Gasteiger charge is 2.25. The fourth-order valence-corrected chi connectivity index (χ4v) is 4.47. The van der Waals surface area contributed by atoms with Crippen LogP contribution in [0.3, 0.4) is 0 Å². The molecular weight excluding hydrogens is 552 g/mol. The van der Waals surface area contributed by atoms with Crippen LogP contribution < -0.4 is 23.7 Å². The summed E-state index contributed by atoms with van der Waals surface area (Å²) in [5, 5.41) is -0.222. The number of nitrogens with zero attached hydrogens (tertiary/aromatic N) is 3. The van der Waals surface area contributed by atoms with E-state index in [1.165, 1.54) is 26.5 Å². The molecule has 0 aliphatic rings. The van der Waals surface area contributed by atoms with Crippen LogP contribution in [-0.2, 0) is 19.6 Å². The highest BCUT2D eigenvalue weighted by atomic mass is 32.2. The van der Waals surface area contributed by atoms with E-state index >= 15 is 0 Å². The third kappa shape index (κ3) is 7.19. The van der Waals surface area contributed by atoms with Crippen LogP contribution >= 0.6 is 0 Å². The van der Waals surface area contributed by atoms with Gasteiger partial charge in [-0.2, -0.15) is 13.4 Å². The predicted octanol–water partition coefficient (Wildman–Crippen LogP) is 4.40. The van der Waals surface area contributed by atoms with Crippen molar-refractivity contribution in [1.29, 1.82) is 0 Å². The number of aromatic nitrogens is 3. The highest BCUT2D eigenvalue weighted by Crippen LogP contribution is 2.41. The summed E-state index contributed by atoms with van der Waals surface area (Å²) >= 11 is 0. The lowest BCUT2D eigenvalue weighted by Gasteiger charge is -2.17. The molecule has 0 saturated heterocycles. The first kappa shape index (κ1) is 29.1. The molecule has 214 valence electrons. The number of rotatable bonds is 12. The number of carbonyl (C=O) groups is 1. The zero-order valence-corrected chi connectivity index (χ0v) is 23.6. The summed E-state index contributed by atoms with van der Waals surface area (Å²) in [5.74, 6) is 0.198. The minimum Gasteiger partial charge on any atom is -0.493 e. The van der Waals surface area contributed by atoms with E-state index in [2.05, 4.69) is 19.7 Å². The van der Waals surface area contributed by atoms with Gasteiger partial charge in [-0.1, -0.05) is 30.3 Å². The summed E-state index contributed by atoms with van der Waals surface area (Å²) in [7, 11) is -1.37. The molecule has 12 nitrogen and oxygen atoms in total. The molecule has 0 atom stereocenters. The molecule has 41 heavy (non-hydrogen) atoms. The standard InChI is InChI=1S/C28H28N4O8S/c1-5-38-24(33)17-39-20-10-8-9-19(15-20)26-30-27(32-41(34,35)23-14-13-18(2)16-29-23)25(28(31-26)37-4)40-22-12-7-6-11-21(22)36-3/h6-16H,5,17H2,1-4H3,(H,30,31,32). The minimum absolute atomic E-state index is 0.0617. The van der Waals surface area contributed by atoms with E-state index < -0.39 is 16.0 Å². The first-order valence-electron chi connectivity index (χ1n) is 12.3. The van der Waals surface area contributed by atoms with Crippen molar-refractivity contribution in [2.45, 2.75) is 18.9 Å². The van der Waals surface area contributed by atoms with Crippen LogP contribution in [0.25, 0.3) is 11.4 Å². The average Bonchev–Trinajstić information content (AvgIpc) is 2.97. The maximum absolute atomic E-state index is 13.3. The summed E-state index contributed by atoms with van der Waals surface area (Å²) in [5.41, 5.74) is 1.24. The second-order valence-electron chi connectivity index (χ2n) is 8.39. The maximum Gasteiger partial charge on any atom is 0.344 e. The van der Waals surface area contributed by atoms with Crippen LogP contribution in [0.1, 0.15) is 12.5 Å². The first-order chi connectivity index (χ1) is 19.7. The van der Waals surface area contributed by atoms with E-state index in [0.29, 0.717) is 17.1 Å². The summed E-state index contributed by atoms with van der Waals surface area (Å²) in [6.45, 7) is 3.44. The second-order valence-corrected chi connectivity index (χ2v) is 10.0. The van der Waals surface area contributed by atoms with Gasteiger partial charge < -0.3 is 23.7 Å². The van der Waals surface area contributed by atoms with Crippen molar-refractivity contribution in [2.75, 3.05) is 32.2 Å². The molecule has 1 N–H and O–H groups in total. The number of ether oxygens (including phenoxy) is 5. The summed E-state index contributed by atoms with van der Waals surface area (Å²) in [6, 6.07) is 16.4. The molecule has 0 aliphatic carbocycles. The number of hydrogen-bond donors (Lipinski definition) is 1. The molecule has 4 rings (SSSR count). The molecule has 0 unspecified atom stereocenters. The number of aryl methyl sites for hydroxylation is 1. The van der Waals surface area contributed by atoms with E-state index in [1.807, 2.05) is 0 Å². The molecule has 4 aromatic rings. The summed E-state index contributed by atoms with van der Waals surface area (Å²) in [4.78, 5) is 24.7. The van der Waals surface area contributed by atoms with Gasteiger partial charge in [0, 0.05) is 11.8 Å². The van der Waals surface area contributed by atoms with Gasteiger partial charge in [-0.15, -0.1) is 0 Å². The number of benzene rings is 2. The maximum atomic E-state index is 13.3. The Bertz CT molecular complexity index is 1630. The Labute approximate surface area is 237 Å². The lowest BCUT2D eigenvalue weighted by molar-refractivity contribution is -0.145. The van der Waals surface area contributed by atoms with E-state index in [1.54, 1.807) is 68.4 Å². The second kappa shape index (κ2) is 13.0. The zero-order chi connectivity index (χ0) is 29.4. The van der Waals surface area contributed by atoms with E-state index in [-0.39, 0.29) is 47.3 Å². The smallest absolute Gasteiger partial charge is 0.344 e. The highest BCUT2D eigenvalue weighted by molar-refractivity contribution is 7.92. The van der Waals surface area contributed by atoms with Crippen LogP contribution in [0.15, 0.2) is 71.9 Å². The average molecular weight is 581 g/mol. The predicted molar refractivity (Wildman–Crippen MR) is 149 cm³/mol.